The monoisotopic (exact) mass is 208 g/mol. The van der Waals surface area contributed by atoms with Gasteiger partial charge < -0.3 is 16.2 Å². The molecule has 15 heavy (non-hydrogen) atoms. The Balaban J connectivity index is 3.27. The minimum absolute atomic E-state index is 0.0920. The van der Waals surface area contributed by atoms with Crippen LogP contribution in [0.25, 0.3) is 0 Å². The Bertz CT molecular complexity index is 388. The number of methoxy groups -OCH3 is 1. The van der Waals surface area contributed by atoms with E-state index in [0.29, 0.717) is 16.8 Å². The fourth-order valence-corrected chi connectivity index (χ4v) is 1.50. The van der Waals surface area contributed by atoms with Crippen molar-refractivity contribution in [3.8, 4) is 0 Å². The Morgan fingerprint density at radius 3 is 2.53 bits per heavy atom. The predicted octanol–water partition coefficient (Wildman–Crippen LogP) is 1.38. The summed E-state index contributed by atoms with van der Waals surface area (Å²) >= 11 is 0. The zero-order chi connectivity index (χ0) is 11.6. The van der Waals surface area contributed by atoms with Gasteiger partial charge in [0.25, 0.3) is 0 Å². The summed E-state index contributed by atoms with van der Waals surface area (Å²) in [6.45, 7) is 3.68. The third kappa shape index (κ3) is 2.10. The van der Waals surface area contributed by atoms with Gasteiger partial charge in [0.15, 0.2) is 0 Å². The fourth-order valence-electron chi connectivity index (χ4n) is 1.50. The predicted molar refractivity (Wildman–Crippen MR) is 59.5 cm³/mol. The molecule has 0 aliphatic carbocycles. The minimum atomic E-state index is -0.462. The first kappa shape index (κ1) is 11.5. The lowest BCUT2D eigenvalue weighted by Crippen LogP contribution is -2.15. The van der Waals surface area contributed by atoms with E-state index in [9.17, 15) is 4.79 Å². The standard InChI is InChI=1S/C11H16N2O2/c1-6-8(11(13)14)4-5-9(10(6)12)7(2)15-3/h4-5,7H,12H2,1-3H3,(H2,13,14). The summed E-state index contributed by atoms with van der Waals surface area (Å²) in [5.41, 5.74) is 13.7. The van der Waals surface area contributed by atoms with Crippen molar-refractivity contribution in [2.24, 2.45) is 5.73 Å². The van der Waals surface area contributed by atoms with Crippen molar-refractivity contribution in [1.29, 1.82) is 0 Å². The molecule has 0 spiro atoms. The van der Waals surface area contributed by atoms with Crippen LogP contribution in [0.5, 0.6) is 0 Å². The molecule has 1 unspecified atom stereocenters. The molecule has 0 aliphatic heterocycles. The number of hydrogen-bond donors (Lipinski definition) is 2. The molecular weight excluding hydrogens is 192 g/mol. The number of amides is 1. The number of rotatable bonds is 3. The molecule has 1 aromatic rings. The van der Waals surface area contributed by atoms with Crippen molar-refractivity contribution in [2.75, 3.05) is 12.8 Å². The molecule has 0 saturated heterocycles. The Morgan fingerprint density at radius 1 is 1.47 bits per heavy atom. The number of hydrogen-bond acceptors (Lipinski definition) is 3. The summed E-state index contributed by atoms with van der Waals surface area (Å²) in [5, 5.41) is 0. The maximum Gasteiger partial charge on any atom is 0.249 e. The third-order valence-electron chi connectivity index (χ3n) is 2.61. The number of ether oxygens (including phenoxy) is 1. The van der Waals surface area contributed by atoms with Gasteiger partial charge >= 0.3 is 0 Å². The van der Waals surface area contributed by atoms with Crippen molar-refractivity contribution in [2.45, 2.75) is 20.0 Å². The molecule has 0 heterocycles. The van der Waals surface area contributed by atoms with Crippen LogP contribution < -0.4 is 11.5 Å². The van der Waals surface area contributed by atoms with Gasteiger partial charge in [-0.1, -0.05) is 6.07 Å². The molecule has 4 N–H and O–H groups in total. The number of carbonyl (C=O) groups is 1. The second kappa shape index (κ2) is 4.31. The van der Waals surface area contributed by atoms with E-state index in [1.807, 2.05) is 6.92 Å². The second-order valence-electron chi connectivity index (χ2n) is 3.48. The van der Waals surface area contributed by atoms with Gasteiger partial charge in [0.1, 0.15) is 0 Å². The van der Waals surface area contributed by atoms with Gasteiger partial charge in [0, 0.05) is 23.9 Å². The topological polar surface area (TPSA) is 78.3 Å². The molecule has 1 atom stereocenters. The molecule has 0 fully saturated rings. The molecule has 0 aromatic heterocycles. The SMILES string of the molecule is COC(C)c1ccc(C(N)=O)c(C)c1N. The van der Waals surface area contributed by atoms with Gasteiger partial charge in [0.2, 0.25) is 5.91 Å². The van der Waals surface area contributed by atoms with Crippen LogP contribution in [0.2, 0.25) is 0 Å². The maximum absolute atomic E-state index is 11.1. The van der Waals surface area contributed by atoms with Gasteiger partial charge in [-0.3, -0.25) is 4.79 Å². The zero-order valence-electron chi connectivity index (χ0n) is 9.20. The first-order chi connectivity index (χ1) is 6.99. The highest BCUT2D eigenvalue weighted by molar-refractivity contribution is 5.95. The number of benzene rings is 1. The molecule has 0 saturated carbocycles. The van der Waals surface area contributed by atoms with Crippen molar-refractivity contribution in [3.63, 3.8) is 0 Å². The van der Waals surface area contributed by atoms with Gasteiger partial charge in [-0.2, -0.15) is 0 Å². The van der Waals surface area contributed by atoms with Crippen molar-refractivity contribution in [1.82, 2.24) is 0 Å². The number of nitrogens with two attached hydrogens (primary N) is 2. The van der Waals surface area contributed by atoms with Crippen LogP contribution in [0.15, 0.2) is 12.1 Å². The Hall–Kier alpha value is -1.55. The lowest BCUT2D eigenvalue weighted by Gasteiger charge is -2.15. The van der Waals surface area contributed by atoms with E-state index in [2.05, 4.69) is 0 Å². The molecule has 82 valence electrons. The lowest BCUT2D eigenvalue weighted by molar-refractivity contribution is 0.0999. The molecule has 1 amide bonds. The maximum atomic E-state index is 11.1. The van der Waals surface area contributed by atoms with E-state index >= 15 is 0 Å². The second-order valence-corrected chi connectivity index (χ2v) is 3.48. The molecule has 0 aliphatic rings. The number of carbonyl (C=O) groups excluding carboxylic acids is 1. The van der Waals surface area contributed by atoms with Crippen LogP contribution >= 0.6 is 0 Å². The highest BCUT2D eigenvalue weighted by atomic mass is 16.5. The average Bonchev–Trinajstić information content (AvgIpc) is 2.20. The molecule has 4 nitrogen and oxygen atoms in total. The summed E-state index contributed by atoms with van der Waals surface area (Å²) in [6.07, 6.45) is -0.0920. The molecule has 0 bridgehead atoms. The van der Waals surface area contributed by atoms with E-state index in [0.717, 1.165) is 5.56 Å². The Labute approximate surface area is 89.2 Å². The summed E-state index contributed by atoms with van der Waals surface area (Å²) < 4.78 is 5.18. The molecule has 4 heteroatoms. The van der Waals surface area contributed by atoms with E-state index in [4.69, 9.17) is 16.2 Å². The van der Waals surface area contributed by atoms with Crippen LogP contribution in [-0.4, -0.2) is 13.0 Å². The van der Waals surface area contributed by atoms with E-state index in [1.54, 1.807) is 26.2 Å². The van der Waals surface area contributed by atoms with Crippen LogP contribution in [0, 0.1) is 6.92 Å². The summed E-state index contributed by atoms with van der Waals surface area (Å²) in [7, 11) is 1.61. The smallest absolute Gasteiger partial charge is 0.249 e. The average molecular weight is 208 g/mol. The van der Waals surface area contributed by atoms with E-state index in [-0.39, 0.29) is 6.10 Å². The first-order valence-corrected chi connectivity index (χ1v) is 4.70. The van der Waals surface area contributed by atoms with Crippen molar-refractivity contribution < 1.29 is 9.53 Å². The van der Waals surface area contributed by atoms with Crippen LogP contribution in [-0.2, 0) is 4.74 Å². The van der Waals surface area contributed by atoms with Crippen molar-refractivity contribution in [3.05, 3.63) is 28.8 Å². The fraction of sp³-hybridized carbons (Fsp3) is 0.364. The summed E-state index contributed by atoms with van der Waals surface area (Å²) in [6, 6.07) is 3.45. The van der Waals surface area contributed by atoms with Crippen molar-refractivity contribution >= 4 is 11.6 Å². The third-order valence-corrected chi connectivity index (χ3v) is 2.61. The van der Waals surface area contributed by atoms with E-state index < -0.39 is 5.91 Å². The van der Waals surface area contributed by atoms with Gasteiger partial charge in [-0.15, -0.1) is 0 Å². The van der Waals surface area contributed by atoms with Crippen LogP contribution in [0.3, 0.4) is 0 Å². The van der Waals surface area contributed by atoms with Crippen LogP contribution in [0.4, 0.5) is 5.69 Å². The van der Waals surface area contributed by atoms with Gasteiger partial charge in [0.05, 0.1) is 6.10 Å². The minimum Gasteiger partial charge on any atom is -0.398 e. The zero-order valence-corrected chi connectivity index (χ0v) is 9.20. The lowest BCUT2D eigenvalue weighted by atomic mass is 9.99. The van der Waals surface area contributed by atoms with Gasteiger partial charge in [-0.05, 0) is 25.5 Å². The van der Waals surface area contributed by atoms with Gasteiger partial charge in [-0.25, -0.2) is 0 Å². The summed E-state index contributed by atoms with van der Waals surface area (Å²) in [5.74, 6) is -0.462. The van der Waals surface area contributed by atoms with E-state index in [1.165, 1.54) is 0 Å². The molecular formula is C11H16N2O2. The summed E-state index contributed by atoms with van der Waals surface area (Å²) in [4.78, 5) is 11.1. The molecule has 1 aromatic carbocycles. The highest BCUT2D eigenvalue weighted by Crippen LogP contribution is 2.27. The normalized spacial score (nSPS) is 12.5. The Kier molecular flexibility index (Phi) is 3.31. The number of anilines is 1. The highest BCUT2D eigenvalue weighted by Gasteiger charge is 2.14. The quantitative estimate of drug-likeness (QED) is 0.736. The Morgan fingerprint density at radius 2 is 2.07 bits per heavy atom. The number of primary amides is 1. The molecule has 0 radical (unpaired) electrons. The largest absolute Gasteiger partial charge is 0.398 e. The number of nitrogen functional groups attached to an aromatic ring is 1. The first-order valence-electron chi connectivity index (χ1n) is 4.70. The van der Waals surface area contributed by atoms with Crippen LogP contribution in [0.1, 0.15) is 34.5 Å². The molecule has 1 rings (SSSR count).